The van der Waals surface area contributed by atoms with Gasteiger partial charge in [0.2, 0.25) is 0 Å². The molecule has 0 atom stereocenters. The molecule has 2 rings (SSSR count). The molecule has 80 valence electrons. The SMILES string of the molecule is Cc1cc(-c2ccccc2)ccc1NN=O. The molecular formula is C13H12N2O. The van der Waals surface area contributed by atoms with E-state index in [1.54, 1.807) is 0 Å². The Labute approximate surface area is 94.1 Å². The minimum Gasteiger partial charge on any atom is -0.242 e. The van der Waals surface area contributed by atoms with E-state index in [1.807, 2.05) is 43.3 Å². The molecule has 0 fully saturated rings. The first-order chi connectivity index (χ1) is 7.81. The summed E-state index contributed by atoms with van der Waals surface area (Å²) >= 11 is 0. The van der Waals surface area contributed by atoms with Crippen LogP contribution in [0.2, 0.25) is 0 Å². The molecule has 0 saturated carbocycles. The topological polar surface area (TPSA) is 41.5 Å². The molecule has 16 heavy (non-hydrogen) atoms. The number of nitrogens with zero attached hydrogens (tertiary/aromatic N) is 1. The van der Waals surface area contributed by atoms with E-state index >= 15 is 0 Å². The Morgan fingerprint density at radius 2 is 1.75 bits per heavy atom. The van der Waals surface area contributed by atoms with Gasteiger partial charge in [-0.1, -0.05) is 36.4 Å². The van der Waals surface area contributed by atoms with Gasteiger partial charge >= 0.3 is 0 Å². The second-order valence-electron chi connectivity index (χ2n) is 3.60. The third-order valence-electron chi connectivity index (χ3n) is 2.50. The van der Waals surface area contributed by atoms with Gasteiger partial charge in [0.05, 0.1) is 11.0 Å². The van der Waals surface area contributed by atoms with Crippen LogP contribution in [0.25, 0.3) is 11.1 Å². The first kappa shape index (κ1) is 10.4. The molecule has 0 aromatic heterocycles. The Hall–Kier alpha value is -2.16. The average molecular weight is 212 g/mol. The molecule has 1 N–H and O–H groups in total. The maximum absolute atomic E-state index is 10.1. The van der Waals surface area contributed by atoms with E-state index in [9.17, 15) is 4.91 Å². The molecule has 0 aliphatic rings. The lowest BCUT2D eigenvalue weighted by atomic mass is 10.0. The van der Waals surface area contributed by atoms with Crippen molar-refractivity contribution < 1.29 is 0 Å². The second-order valence-corrected chi connectivity index (χ2v) is 3.60. The highest BCUT2D eigenvalue weighted by molar-refractivity contribution is 5.68. The maximum Gasteiger partial charge on any atom is 0.0623 e. The van der Waals surface area contributed by atoms with Gasteiger partial charge in [0.25, 0.3) is 0 Å². The van der Waals surface area contributed by atoms with E-state index < -0.39 is 0 Å². The van der Waals surface area contributed by atoms with Crippen molar-refractivity contribution in [3.8, 4) is 11.1 Å². The van der Waals surface area contributed by atoms with E-state index in [0.29, 0.717) is 0 Å². The molecule has 0 heterocycles. The zero-order chi connectivity index (χ0) is 11.4. The normalized spacial score (nSPS) is 9.81. The van der Waals surface area contributed by atoms with Crippen molar-refractivity contribution >= 4 is 5.69 Å². The molecule has 0 saturated heterocycles. The van der Waals surface area contributed by atoms with Gasteiger partial charge in [0.15, 0.2) is 0 Å². The van der Waals surface area contributed by atoms with Crippen molar-refractivity contribution in [3.05, 3.63) is 59.0 Å². The molecule has 0 radical (unpaired) electrons. The number of anilines is 1. The summed E-state index contributed by atoms with van der Waals surface area (Å²) in [5.41, 5.74) is 6.47. The summed E-state index contributed by atoms with van der Waals surface area (Å²) in [5.74, 6) is 0. The molecule has 0 aliphatic carbocycles. The molecular weight excluding hydrogens is 200 g/mol. The van der Waals surface area contributed by atoms with E-state index in [4.69, 9.17) is 0 Å². The van der Waals surface area contributed by atoms with Crippen LogP contribution in [-0.4, -0.2) is 0 Å². The van der Waals surface area contributed by atoms with E-state index in [1.165, 1.54) is 0 Å². The van der Waals surface area contributed by atoms with Crippen molar-refractivity contribution in [2.75, 3.05) is 5.43 Å². The maximum atomic E-state index is 10.1. The minimum atomic E-state index is 0.745. The van der Waals surface area contributed by atoms with Crippen molar-refractivity contribution in [3.63, 3.8) is 0 Å². The number of aryl methyl sites for hydroxylation is 1. The molecule has 3 nitrogen and oxygen atoms in total. The fourth-order valence-electron chi connectivity index (χ4n) is 1.65. The first-order valence-corrected chi connectivity index (χ1v) is 5.05. The third kappa shape index (κ3) is 2.08. The summed E-state index contributed by atoms with van der Waals surface area (Å²) in [5, 5.41) is 2.67. The number of hydrogen-bond donors (Lipinski definition) is 1. The summed E-state index contributed by atoms with van der Waals surface area (Å²) in [6, 6.07) is 16.0. The highest BCUT2D eigenvalue weighted by Crippen LogP contribution is 2.24. The van der Waals surface area contributed by atoms with Gasteiger partial charge in [0, 0.05) is 0 Å². The Balaban J connectivity index is 2.38. The van der Waals surface area contributed by atoms with Crippen LogP contribution in [0.4, 0.5) is 5.69 Å². The Bertz CT molecular complexity index is 495. The molecule has 0 aliphatic heterocycles. The molecule has 0 spiro atoms. The largest absolute Gasteiger partial charge is 0.242 e. The number of rotatable bonds is 3. The number of benzene rings is 2. The summed E-state index contributed by atoms with van der Waals surface area (Å²) in [6.45, 7) is 1.94. The Kier molecular flexibility index (Phi) is 2.96. The summed E-state index contributed by atoms with van der Waals surface area (Å²) in [4.78, 5) is 10.1. The lowest BCUT2D eigenvalue weighted by molar-refractivity contribution is 1.28. The highest BCUT2D eigenvalue weighted by Gasteiger charge is 2.01. The number of nitrogens with one attached hydrogen (secondary N) is 1. The molecule has 2 aromatic carbocycles. The van der Waals surface area contributed by atoms with Crippen molar-refractivity contribution in [2.24, 2.45) is 5.29 Å². The summed E-state index contributed by atoms with van der Waals surface area (Å²) in [7, 11) is 0. The minimum absolute atomic E-state index is 0.745. The van der Waals surface area contributed by atoms with E-state index in [2.05, 4.69) is 22.8 Å². The quantitative estimate of drug-likeness (QED) is 0.621. The monoisotopic (exact) mass is 212 g/mol. The van der Waals surface area contributed by atoms with E-state index in [0.717, 1.165) is 22.4 Å². The fourth-order valence-corrected chi connectivity index (χ4v) is 1.65. The van der Waals surface area contributed by atoms with Crippen LogP contribution < -0.4 is 5.43 Å². The lowest BCUT2D eigenvalue weighted by Crippen LogP contribution is -1.90. The van der Waals surface area contributed by atoms with Crippen LogP contribution in [0.3, 0.4) is 0 Å². The highest BCUT2D eigenvalue weighted by atomic mass is 16.3. The molecule has 3 heteroatoms. The Morgan fingerprint density at radius 3 is 2.38 bits per heavy atom. The first-order valence-electron chi connectivity index (χ1n) is 5.05. The molecule has 0 bridgehead atoms. The van der Waals surface area contributed by atoms with Gasteiger partial charge in [-0.3, -0.25) is 0 Å². The standard InChI is InChI=1S/C13H12N2O/c1-10-9-12(7-8-13(10)14-15-16)11-5-3-2-4-6-11/h2-9H,1H3,(H,14,16). The second kappa shape index (κ2) is 4.57. The predicted octanol–water partition coefficient (Wildman–Crippen LogP) is 3.76. The zero-order valence-electron chi connectivity index (χ0n) is 8.97. The van der Waals surface area contributed by atoms with Gasteiger partial charge in [0.1, 0.15) is 0 Å². The van der Waals surface area contributed by atoms with Crippen LogP contribution >= 0.6 is 0 Å². The number of nitroso groups, excluding NO2 is 1. The smallest absolute Gasteiger partial charge is 0.0623 e. The fraction of sp³-hybridized carbons (Fsp3) is 0.0769. The summed E-state index contributed by atoms with van der Waals surface area (Å²) in [6.07, 6.45) is 0. The van der Waals surface area contributed by atoms with Crippen molar-refractivity contribution in [1.29, 1.82) is 0 Å². The van der Waals surface area contributed by atoms with E-state index in [-0.39, 0.29) is 0 Å². The van der Waals surface area contributed by atoms with Crippen LogP contribution in [0.5, 0.6) is 0 Å². The van der Waals surface area contributed by atoms with Crippen molar-refractivity contribution in [2.45, 2.75) is 6.92 Å². The third-order valence-corrected chi connectivity index (χ3v) is 2.50. The van der Waals surface area contributed by atoms with Crippen LogP contribution in [-0.2, 0) is 0 Å². The van der Waals surface area contributed by atoms with Gasteiger partial charge in [-0.15, -0.1) is 4.91 Å². The van der Waals surface area contributed by atoms with Gasteiger partial charge in [-0.25, -0.2) is 5.43 Å². The lowest BCUT2D eigenvalue weighted by Gasteiger charge is -2.06. The molecule has 0 unspecified atom stereocenters. The molecule has 0 amide bonds. The average Bonchev–Trinajstić information content (AvgIpc) is 2.33. The van der Waals surface area contributed by atoms with Crippen LogP contribution in [0.15, 0.2) is 53.8 Å². The van der Waals surface area contributed by atoms with Gasteiger partial charge in [-0.05, 0) is 35.7 Å². The predicted molar refractivity (Wildman–Crippen MR) is 66.0 cm³/mol. The van der Waals surface area contributed by atoms with Crippen LogP contribution in [0.1, 0.15) is 5.56 Å². The van der Waals surface area contributed by atoms with Crippen LogP contribution in [0, 0.1) is 11.8 Å². The summed E-state index contributed by atoms with van der Waals surface area (Å²) < 4.78 is 0. The van der Waals surface area contributed by atoms with Gasteiger partial charge in [-0.2, -0.15) is 0 Å². The molecule has 2 aromatic rings. The van der Waals surface area contributed by atoms with Crippen molar-refractivity contribution in [1.82, 2.24) is 0 Å². The van der Waals surface area contributed by atoms with Gasteiger partial charge < -0.3 is 0 Å². The number of hydrogen-bond acceptors (Lipinski definition) is 2. The Morgan fingerprint density at radius 1 is 1.00 bits per heavy atom. The zero-order valence-corrected chi connectivity index (χ0v) is 8.97.